The minimum atomic E-state index is -0.818. The number of hydrogen-bond donors (Lipinski definition) is 1. The Bertz CT molecular complexity index is 748. The summed E-state index contributed by atoms with van der Waals surface area (Å²) in [4.78, 5) is 25.0. The fourth-order valence-corrected chi connectivity index (χ4v) is 7.57. The van der Waals surface area contributed by atoms with Crippen LogP contribution in [0.4, 0.5) is 5.69 Å². The standard InChI is InChI=1S/C22H28BrNO4/c1-14(20(26)24-17-3-5-18(27-2)6-4-17)28-19(25)12-21-8-15-7-16(9-21)11-22(23,10-15)13-21/h3-6,14-16H,7-13H2,1-2H3,(H,24,26). The maximum atomic E-state index is 12.6. The number of carbonyl (C=O) groups excluding carboxylic acids is 2. The summed E-state index contributed by atoms with van der Waals surface area (Å²) in [5.74, 6) is 1.60. The predicted molar refractivity (Wildman–Crippen MR) is 111 cm³/mol. The third kappa shape index (κ3) is 4.07. The van der Waals surface area contributed by atoms with Gasteiger partial charge in [0.2, 0.25) is 0 Å². The van der Waals surface area contributed by atoms with Gasteiger partial charge in [-0.1, -0.05) is 15.9 Å². The van der Waals surface area contributed by atoms with Crippen molar-refractivity contribution < 1.29 is 19.1 Å². The molecule has 1 N–H and O–H groups in total. The molecule has 4 saturated carbocycles. The van der Waals surface area contributed by atoms with E-state index in [0.29, 0.717) is 12.1 Å². The van der Waals surface area contributed by atoms with Crippen molar-refractivity contribution in [2.24, 2.45) is 17.3 Å². The molecule has 3 atom stereocenters. The Morgan fingerprint density at radius 3 is 2.39 bits per heavy atom. The highest BCUT2D eigenvalue weighted by Crippen LogP contribution is 2.65. The summed E-state index contributed by atoms with van der Waals surface area (Å²) in [6.07, 6.45) is 6.69. The van der Waals surface area contributed by atoms with Crippen molar-refractivity contribution in [2.75, 3.05) is 12.4 Å². The Morgan fingerprint density at radius 1 is 1.18 bits per heavy atom. The average molecular weight is 450 g/mol. The third-order valence-electron chi connectivity index (χ3n) is 6.67. The van der Waals surface area contributed by atoms with Gasteiger partial charge in [-0.15, -0.1) is 0 Å². The zero-order valence-electron chi connectivity index (χ0n) is 16.5. The lowest BCUT2D eigenvalue weighted by atomic mass is 9.49. The number of carbonyl (C=O) groups is 2. The summed E-state index contributed by atoms with van der Waals surface area (Å²) < 4.78 is 10.8. The number of amides is 1. The van der Waals surface area contributed by atoms with Gasteiger partial charge in [0.1, 0.15) is 5.75 Å². The van der Waals surface area contributed by atoms with Crippen LogP contribution in [-0.2, 0) is 14.3 Å². The van der Waals surface area contributed by atoms with Crippen molar-refractivity contribution in [1.29, 1.82) is 0 Å². The van der Waals surface area contributed by atoms with Crippen LogP contribution in [0.25, 0.3) is 0 Å². The van der Waals surface area contributed by atoms with Crippen molar-refractivity contribution in [3.8, 4) is 5.75 Å². The predicted octanol–water partition coefficient (Wildman–Crippen LogP) is 4.69. The molecule has 0 spiro atoms. The van der Waals surface area contributed by atoms with Crippen molar-refractivity contribution in [3.63, 3.8) is 0 Å². The third-order valence-corrected chi connectivity index (χ3v) is 7.59. The van der Waals surface area contributed by atoms with E-state index in [1.807, 2.05) is 0 Å². The second-order valence-corrected chi connectivity index (χ2v) is 10.8. The van der Waals surface area contributed by atoms with Crippen molar-refractivity contribution in [3.05, 3.63) is 24.3 Å². The van der Waals surface area contributed by atoms with E-state index in [0.717, 1.165) is 36.8 Å². The van der Waals surface area contributed by atoms with E-state index >= 15 is 0 Å². The van der Waals surface area contributed by atoms with Crippen LogP contribution in [0.5, 0.6) is 5.75 Å². The lowest BCUT2D eigenvalue weighted by molar-refractivity contribution is -0.159. The molecular formula is C22H28BrNO4. The van der Waals surface area contributed by atoms with Gasteiger partial charge >= 0.3 is 5.97 Å². The van der Waals surface area contributed by atoms with Crippen LogP contribution in [0.1, 0.15) is 51.9 Å². The monoisotopic (exact) mass is 449 g/mol. The maximum Gasteiger partial charge on any atom is 0.307 e. The highest BCUT2D eigenvalue weighted by molar-refractivity contribution is 9.10. The van der Waals surface area contributed by atoms with Crippen LogP contribution < -0.4 is 10.1 Å². The van der Waals surface area contributed by atoms with Gasteiger partial charge in [0, 0.05) is 10.0 Å². The number of nitrogens with one attached hydrogen (secondary N) is 1. The topological polar surface area (TPSA) is 64.6 Å². The molecule has 4 bridgehead atoms. The first kappa shape index (κ1) is 19.7. The number of esters is 1. The molecule has 0 saturated heterocycles. The summed E-state index contributed by atoms with van der Waals surface area (Å²) in [5.41, 5.74) is 0.702. The Kier molecular flexibility index (Phi) is 5.19. The van der Waals surface area contributed by atoms with Crippen molar-refractivity contribution in [1.82, 2.24) is 0 Å². The molecule has 3 unspecified atom stereocenters. The lowest BCUT2D eigenvalue weighted by Gasteiger charge is -2.60. The molecule has 152 valence electrons. The van der Waals surface area contributed by atoms with Crippen LogP contribution in [0.3, 0.4) is 0 Å². The van der Waals surface area contributed by atoms with E-state index < -0.39 is 6.10 Å². The van der Waals surface area contributed by atoms with Crippen molar-refractivity contribution >= 4 is 33.5 Å². The van der Waals surface area contributed by atoms with Gasteiger partial charge < -0.3 is 14.8 Å². The molecule has 0 heterocycles. The van der Waals surface area contributed by atoms with Gasteiger partial charge in [-0.05, 0) is 87.0 Å². The van der Waals surface area contributed by atoms with E-state index in [-0.39, 0.29) is 21.6 Å². The first-order chi connectivity index (χ1) is 13.3. The van der Waals surface area contributed by atoms with Gasteiger partial charge in [0.25, 0.3) is 5.91 Å². The highest BCUT2D eigenvalue weighted by atomic mass is 79.9. The van der Waals surface area contributed by atoms with Crippen LogP contribution in [0.15, 0.2) is 24.3 Å². The lowest BCUT2D eigenvalue weighted by Crippen LogP contribution is -2.53. The zero-order valence-corrected chi connectivity index (χ0v) is 18.1. The number of anilines is 1. The number of benzene rings is 1. The molecule has 6 heteroatoms. The normalized spacial score (nSPS) is 34.0. The quantitative estimate of drug-likeness (QED) is 0.505. The molecule has 4 fully saturated rings. The molecule has 4 aliphatic rings. The van der Waals surface area contributed by atoms with Gasteiger partial charge in [0.15, 0.2) is 6.10 Å². The van der Waals surface area contributed by atoms with E-state index in [1.165, 1.54) is 19.3 Å². The highest BCUT2D eigenvalue weighted by Gasteiger charge is 2.57. The number of alkyl halides is 1. The summed E-state index contributed by atoms with van der Waals surface area (Å²) in [7, 11) is 1.59. The molecule has 0 aromatic heterocycles. The number of ether oxygens (including phenoxy) is 2. The number of hydrogen-bond acceptors (Lipinski definition) is 4. The molecule has 0 aliphatic heterocycles. The van der Waals surface area contributed by atoms with Gasteiger partial charge in [0.05, 0.1) is 13.5 Å². The number of halogens is 1. The smallest absolute Gasteiger partial charge is 0.307 e. The fourth-order valence-electron chi connectivity index (χ4n) is 6.06. The molecule has 5 rings (SSSR count). The molecule has 5 nitrogen and oxygen atoms in total. The Hall–Kier alpha value is -1.56. The first-order valence-corrected chi connectivity index (χ1v) is 10.9. The molecular weight excluding hydrogens is 422 g/mol. The molecule has 0 radical (unpaired) electrons. The molecule has 4 aliphatic carbocycles. The van der Waals surface area contributed by atoms with Gasteiger partial charge in [-0.3, -0.25) is 9.59 Å². The Morgan fingerprint density at radius 2 is 1.82 bits per heavy atom. The van der Waals surface area contributed by atoms with Crippen LogP contribution in [0, 0.1) is 17.3 Å². The van der Waals surface area contributed by atoms with Crippen LogP contribution >= 0.6 is 15.9 Å². The van der Waals surface area contributed by atoms with E-state index in [4.69, 9.17) is 9.47 Å². The largest absolute Gasteiger partial charge is 0.497 e. The maximum absolute atomic E-state index is 12.6. The van der Waals surface area contributed by atoms with Crippen LogP contribution in [-0.4, -0.2) is 29.4 Å². The average Bonchev–Trinajstić information content (AvgIpc) is 2.59. The molecule has 1 aromatic carbocycles. The second-order valence-electron chi connectivity index (χ2n) is 9.14. The molecule has 1 aromatic rings. The van der Waals surface area contributed by atoms with Gasteiger partial charge in [-0.2, -0.15) is 0 Å². The van der Waals surface area contributed by atoms with E-state index in [9.17, 15) is 9.59 Å². The van der Waals surface area contributed by atoms with Crippen molar-refractivity contribution in [2.45, 2.75) is 62.3 Å². The minimum absolute atomic E-state index is 0.0524. The Balaban J connectivity index is 1.32. The number of methoxy groups -OCH3 is 1. The Labute approximate surface area is 174 Å². The zero-order chi connectivity index (χ0) is 19.9. The second kappa shape index (κ2) is 7.36. The molecule has 28 heavy (non-hydrogen) atoms. The number of rotatable bonds is 6. The minimum Gasteiger partial charge on any atom is -0.497 e. The van der Waals surface area contributed by atoms with Gasteiger partial charge in [-0.25, -0.2) is 0 Å². The molecule has 1 amide bonds. The summed E-state index contributed by atoms with van der Waals surface area (Å²) in [6.45, 7) is 1.63. The van der Waals surface area contributed by atoms with E-state index in [1.54, 1.807) is 38.3 Å². The summed E-state index contributed by atoms with van der Waals surface area (Å²) in [6, 6.07) is 7.07. The SMILES string of the molecule is COc1ccc(NC(=O)C(C)OC(=O)CC23CC4CC(CC(Br)(C4)C2)C3)cc1. The summed E-state index contributed by atoms with van der Waals surface area (Å²) >= 11 is 3.98. The first-order valence-electron chi connectivity index (χ1n) is 10.1. The van der Waals surface area contributed by atoms with Crippen LogP contribution in [0.2, 0.25) is 0 Å². The fraction of sp³-hybridized carbons (Fsp3) is 0.636. The van der Waals surface area contributed by atoms with E-state index in [2.05, 4.69) is 21.2 Å². The summed E-state index contributed by atoms with van der Waals surface area (Å²) in [5, 5.41) is 2.78.